The lowest BCUT2D eigenvalue weighted by Gasteiger charge is -2.30. The number of nitrogens with two attached hydrogens (primary N) is 1. The van der Waals surface area contributed by atoms with E-state index in [1.807, 2.05) is 0 Å². The molecule has 2 aliphatic rings. The molecule has 0 bridgehead atoms. The van der Waals surface area contributed by atoms with Gasteiger partial charge < -0.3 is 11.1 Å². The third-order valence-electron chi connectivity index (χ3n) is 4.73. The normalized spacial score (nSPS) is 27.3. The summed E-state index contributed by atoms with van der Waals surface area (Å²) in [6, 6.07) is 0.448. The highest BCUT2D eigenvalue weighted by atomic mass is 127. The van der Waals surface area contributed by atoms with Crippen molar-refractivity contribution in [3.8, 4) is 0 Å². The van der Waals surface area contributed by atoms with Gasteiger partial charge in [-0.1, -0.05) is 32.1 Å². The highest BCUT2D eigenvalue weighted by molar-refractivity contribution is 14.0. The van der Waals surface area contributed by atoms with Crippen LogP contribution in [0.25, 0.3) is 0 Å². The SMILES string of the molecule is CS(=O)(=O)NC1CCCCC1CN=C(N)NC1CCCCC1.I. The number of sulfonamides is 1. The van der Waals surface area contributed by atoms with Gasteiger partial charge in [0.05, 0.1) is 6.26 Å². The van der Waals surface area contributed by atoms with Crippen LogP contribution in [0.15, 0.2) is 4.99 Å². The molecule has 2 atom stereocenters. The van der Waals surface area contributed by atoms with E-state index in [1.54, 1.807) is 0 Å². The molecule has 23 heavy (non-hydrogen) atoms. The number of rotatable bonds is 5. The Balaban J connectivity index is 0.00000264. The van der Waals surface area contributed by atoms with Crippen molar-refractivity contribution in [3.05, 3.63) is 0 Å². The molecule has 0 aliphatic heterocycles. The first-order chi connectivity index (χ1) is 10.4. The number of hydrogen-bond donors (Lipinski definition) is 3. The van der Waals surface area contributed by atoms with E-state index >= 15 is 0 Å². The predicted octanol–water partition coefficient (Wildman–Crippen LogP) is 1.95. The van der Waals surface area contributed by atoms with Crippen LogP contribution in [0.3, 0.4) is 0 Å². The number of halogens is 1. The highest BCUT2D eigenvalue weighted by Crippen LogP contribution is 2.25. The largest absolute Gasteiger partial charge is 0.370 e. The van der Waals surface area contributed by atoms with Crippen molar-refractivity contribution in [2.75, 3.05) is 12.8 Å². The summed E-state index contributed by atoms with van der Waals surface area (Å²) >= 11 is 0. The van der Waals surface area contributed by atoms with E-state index in [4.69, 9.17) is 5.73 Å². The Morgan fingerprint density at radius 3 is 2.35 bits per heavy atom. The zero-order valence-corrected chi connectivity index (χ0v) is 17.1. The zero-order chi connectivity index (χ0) is 16.0. The fourth-order valence-corrected chi connectivity index (χ4v) is 4.43. The van der Waals surface area contributed by atoms with Gasteiger partial charge in [0.25, 0.3) is 0 Å². The topological polar surface area (TPSA) is 96.6 Å². The zero-order valence-electron chi connectivity index (χ0n) is 14.0. The van der Waals surface area contributed by atoms with Gasteiger partial charge in [-0.3, -0.25) is 4.99 Å². The van der Waals surface area contributed by atoms with E-state index in [2.05, 4.69) is 15.0 Å². The molecule has 0 amide bonds. The Labute approximate surface area is 157 Å². The second-order valence-corrected chi connectivity index (χ2v) is 8.53. The summed E-state index contributed by atoms with van der Waals surface area (Å²) in [6.07, 6.45) is 11.5. The third kappa shape index (κ3) is 8.02. The van der Waals surface area contributed by atoms with Crippen molar-refractivity contribution in [1.82, 2.24) is 10.0 Å². The fraction of sp³-hybridized carbons (Fsp3) is 0.933. The molecule has 0 aromatic rings. The van der Waals surface area contributed by atoms with Gasteiger partial charge in [0.15, 0.2) is 5.96 Å². The van der Waals surface area contributed by atoms with Crippen molar-refractivity contribution < 1.29 is 8.42 Å². The Morgan fingerprint density at radius 2 is 1.70 bits per heavy atom. The molecule has 2 unspecified atom stereocenters. The van der Waals surface area contributed by atoms with Crippen LogP contribution in [-0.2, 0) is 10.0 Å². The fourth-order valence-electron chi connectivity index (χ4n) is 3.57. The summed E-state index contributed by atoms with van der Waals surface area (Å²) in [5, 5.41) is 3.31. The minimum atomic E-state index is -3.16. The van der Waals surface area contributed by atoms with Gasteiger partial charge in [-0.15, -0.1) is 24.0 Å². The minimum absolute atomic E-state index is 0. The lowest BCUT2D eigenvalue weighted by Crippen LogP contribution is -2.44. The van der Waals surface area contributed by atoms with Crippen molar-refractivity contribution in [3.63, 3.8) is 0 Å². The summed E-state index contributed by atoms with van der Waals surface area (Å²) in [7, 11) is -3.16. The molecule has 0 radical (unpaired) electrons. The maximum Gasteiger partial charge on any atom is 0.208 e. The van der Waals surface area contributed by atoms with Crippen LogP contribution in [0.5, 0.6) is 0 Å². The molecule has 0 aromatic carbocycles. The monoisotopic (exact) mass is 458 g/mol. The van der Waals surface area contributed by atoms with Gasteiger partial charge in [0.2, 0.25) is 10.0 Å². The molecule has 6 nitrogen and oxygen atoms in total. The average molecular weight is 458 g/mol. The van der Waals surface area contributed by atoms with E-state index in [0.29, 0.717) is 18.5 Å². The van der Waals surface area contributed by atoms with Gasteiger partial charge in [-0.25, -0.2) is 13.1 Å². The van der Waals surface area contributed by atoms with E-state index in [0.717, 1.165) is 38.5 Å². The maximum atomic E-state index is 11.5. The number of nitrogens with one attached hydrogen (secondary N) is 2. The van der Waals surface area contributed by atoms with Crippen LogP contribution in [0.1, 0.15) is 57.8 Å². The molecule has 8 heteroatoms. The molecule has 2 rings (SSSR count). The van der Waals surface area contributed by atoms with Crippen molar-refractivity contribution in [1.29, 1.82) is 0 Å². The van der Waals surface area contributed by atoms with Gasteiger partial charge >= 0.3 is 0 Å². The molecular weight excluding hydrogens is 427 g/mol. The molecular formula is C15H31IN4O2S. The molecule has 2 aliphatic carbocycles. The molecule has 136 valence electrons. The molecule has 0 heterocycles. The van der Waals surface area contributed by atoms with Gasteiger partial charge in [0, 0.05) is 18.6 Å². The van der Waals surface area contributed by atoms with Gasteiger partial charge in [0.1, 0.15) is 0 Å². The summed E-state index contributed by atoms with van der Waals surface area (Å²) in [6.45, 7) is 0.596. The van der Waals surface area contributed by atoms with E-state index < -0.39 is 10.0 Å². The van der Waals surface area contributed by atoms with E-state index in [9.17, 15) is 8.42 Å². The summed E-state index contributed by atoms with van der Waals surface area (Å²) in [4.78, 5) is 4.47. The lowest BCUT2D eigenvalue weighted by atomic mass is 9.85. The first kappa shape index (κ1) is 21.0. The number of guanidine groups is 1. The Morgan fingerprint density at radius 1 is 1.09 bits per heavy atom. The summed E-state index contributed by atoms with van der Waals surface area (Å²) in [5.74, 6) is 0.755. The van der Waals surface area contributed by atoms with Crippen LogP contribution in [0.4, 0.5) is 0 Å². The minimum Gasteiger partial charge on any atom is -0.370 e. The van der Waals surface area contributed by atoms with Gasteiger partial charge in [-0.05, 0) is 31.6 Å². The van der Waals surface area contributed by atoms with Crippen LogP contribution < -0.4 is 15.8 Å². The summed E-state index contributed by atoms with van der Waals surface area (Å²) < 4.78 is 25.7. The molecule has 2 saturated carbocycles. The Kier molecular flexibility index (Phi) is 9.13. The quantitative estimate of drug-likeness (QED) is 0.333. The molecule has 0 aromatic heterocycles. The highest BCUT2D eigenvalue weighted by Gasteiger charge is 2.27. The van der Waals surface area contributed by atoms with Crippen molar-refractivity contribution >= 4 is 40.0 Å². The Bertz CT molecular complexity index is 478. The van der Waals surface area contributed by atoms with Crippen molar-refractivity contribution in [2.45, 2.75) is 69.9 Å². The van der Waals surface area contributed by atoms with Crippen LogP contribution in [0.2, 0.25) is 0 Å². The van der Waals surface area contributed by atoms with E-state index in [-0.39, 0.29) is 35.9 Å². The standard InChI is InChI=1S/C15H30N4O2S.HI/c1-22(20,21)19-14-10-6-5-7-12(14)11-17-15(16)18-13-8-3-2-4-9-13;/h12-14,19H,2-11H2,1H3,(H3,16,17,18);1H. The lowest BCUT2D eigenvalue weighted by molar-refractivity contribution is 0.296. The van der Waals surface area contributed by atoms with Gasteiger partial charge in [-0.2, -0.15) is 0 Å². The number of aliphatic imine (C=N–C) groups is 1. The average Bonchev–Trinajstić information content (AvgIpc) is 2.46. The number of hydrogen-bond acceptors (Lipinski definition) is 3. The smallest absolute Gasteiger partial charge is 0.208 e. The number of nitrogens with zero attached hydrogens (tertiary/aromatic N) is 1. The van der Waals surface area contributed by atoms with Crippen molar-refractivity contribution in [2.24, 2.45) is 16.6 Å². The maximum absolute atomic E-state index is 11.5. The molecule has 2 fully saturated rings. The first-order valence-electron chi connectivity index (χ1n) is 8.48. The van der Waals surface area contributed by atoms with Crippen LogP contribution in [-0.4, -0.2) is 39.3 Å². The second-order valence-electron chi connectivity index (χ2n) is 6.75. The second kappa shape index (κ2) is 10.0. The van der Waals surface area contributed by atoms with Crippen LogP contribution in [0, 0.1) is 5.92 Å². The first-order valence-corrected chi connectivity index (χ1v) is 10.4. The third-order valence-corrected chi connectivity index (χ3v) is 5.46. The molecule has 4 N–H and O–H groups in total. The van der Waals surface area contributed by atoms with Crippen LogP contribution >= 0.6 is 24.0 Å². The molecule has 0 saturated heterocycles. The Hall–Kier alpha value is -0.0900. The molecule has 0 spiro atoms. The summed E-state index contributed by atoms with van der Waals surface area (Å²) in [5.41, 5.74) is 5.99. The van der Waals surface area contributed by atoms with E-state index in [1.165, 1.54) is 25.5 Å². The predicted molar refractivity (Wildman–Crippen MR) is 106 cm³/mol.